The summed E-state index contributed by atoms with van der Waals surface area (Å²) in [5, 5.41) is 0.899. The molecule has 17 heavy (non-hydrogen) atoms. The summed E-state index contributed by atoms with van der Waals surface area (Å²) < 4.78 is 2.77. The third kappa shape index (κ3) is 2.21. The monoisotopic (exact) mass is 305 g/mol. The van der Waals surface area contributed by atoms with E-state index in [9.17, 15) is 0 Å². The first kappa shape index (κ1) is 10.8. The van der Waals surface area contributed by atoms with Crippen molar-refractivity contribution in [3.63, 3.8) is 0 Å². The van der Waals surface area contributed by atoms with Crippen molar-refractivity contribution in [3.05, 3.63) is 53.5 Å². The van der Waals surface area contributed by atoms with Gasteiger partial charge in [0.05, 0.1) is 0 Å². The van der Waals surface area contributed by atoms with Crippen LogP contribution in [-0.4, -0.2) is 14.4 Å². The highest BCUT2D eigenvalue weighted by molar-refractivity contribution is 9.10. The molecule has 0 saturated heterocycles. The second-order valence-corrected chi connectivity index (χ2v) is 5.32. The molecule has 84 valence electrons. The van der Waals surface area contributed by atoms with E-state index in [1.54, 1.807) is 18.0 Å². The lowest BCUT2D eigenvalue weighted by molar-refractivity contribution is 1.01. The van der Waals surface area contributed by atoms with E-state index in [2.05, 4.69) is 38.0 Å². The lowest BCUT2D eigenvalue weighted by Gasteiger charge is -2.03. The van der Waals surface area contributed by atoms with Crippen molar-refractivity contribution in [2.24, 2.45) is 0 Å². The molecule has 0 spiro atoms. The van der Waals surface area contributed by atoms with Gasteiger partial charge in [-0.1, -0.05) is 30.0 Å². The Morgan fingerprint density at radius 1 is 1.18 bits per heavy atom. The van der Waals surface area contributed by atoms with Gasteiger partial charge in [0.2, 0.25) is 0 Å². The Bertz CT molecular complexity index is 651. The molecule has 1 aromatic carbocycles. The van der Waals surface area contributed by atoms with Crippen LogP contribution in [0.15, 0.2) is 63.4 Å². The molecule has 5 heteroatoms. The summed E-state index contributed by atoms with van der Waals surface area (Å²) >= 11 is 5.02. The first-order valence-electron chi connectivity index (χ1n) is 5.05. The zero-order valence-corrected chi connectivity index (χ0v) is 11.1. The Morgan fingerprint density at radius 2 is 2.00 bits per heavy atom. The summed E-state index contributed by atoms with van der Waals surface area (Å²) in [6.07, 6.45) is 5.59. The van der Waals surface area contributed by atoms with Gasteiger partial charge in [0.15, 0.2) is 5.65 Å². The topological polar surface area (TPSA) is 30.2 Å². The summed E-state index contributed by atoms with van der Waals surface area (Å²) in [6.45, 7) is 0. The fourth-order valence-electron chi connectivity index (χ4n) is 1.54. The lowest BCUT2D eigenvalue weighted by atomic mass is 10.4. The van der Waals surface area contributed by atoms with E-state index in [0.29, 0.717) is 0 Å². The molecule has 0 bridgehead atoms. The predicted octanol–water partition coefficient (Wildman–Crippen LogP) is 3.64. The minimum absolute atomic E-state index is 0.807. The molecule has 3 nitrogen and oxygen atoms in total. The molecule has 0 radical (unpaired) electrons. The Hall–Kier alpha value is -1.33. The molecule has 0 aliphatic rings. The van der Waals surface area contributed by atoms with Gasteiger partial charge in [-0.2, -0.15) is 0 Å². The maximum atomic E-state index is 4.47. The van der Waals surface area contributed by atoms with Crippen molar-refractivity contribution in [3.8, 4) is 0 Å². The maximum absolute atomic E-state index is 4.47. The molecule has 0 unspecified atom stereocenters. The van der Waals surface area contributed by atoms with Crippen LogP contribution in [-0.2, 0) is 0 Å². The van der Waals surface area contributed by atoms with Gasteiger partial charge in [-0.15, -0.1) is 0 Å². The van der Waals surface area contributed by atoms with E-state index in [-0.39, 0.29) is 0 Å². The molecule has 3 rings (SSSR count). The first-order chi connectivity index (χ1) is 8.33. The quantitative estimate of drug-likeness (QED) is 0.724. The molecule has 0 fully saturated rings. The van der Waals surface area contributed by atoms with Crippen LogP contribution in [0, 0.1) is 0 Å². The molecule has 0 amide bonds. The van der Waals surface area contributed by atoms with Gasteiger partial charge in [0.1, 0.15) is 9.63 Å². The average Bonchev–Trinajstić information content (AvgIpc) is 2.78. The van der Waals surface area contributed by atoms with E-state index in [1.807, 2.05) is 35.0 Å². The largest absolute Gasteiger partial charge is 0.302 e. The van der Waals surface area contributed by atoms with E-state index in [4.69, 9.17) is 0 Å². The van der Waals surface area contributed by atoms with Crippen LogP contribution < -0.4 is 0 Å². The Labute approximate surface area is 111 Å². The molecular weight excluding hydrogens is 298 g/mol. The first-order valence-corrected chi connectivity index (χ1v) is 6.66. The Kier molecular flexibility index (Phi) is 2.86. The van der Waals surface area contributed by atoms with E-state index >= 15 is 0 Å². The summed E-state index contributed by atoms with van der Waals surface area (Å²) in [4.78, 5) is 9.94. The zero-order valence-electron chi connectivity index (χ0n) is 8.75. The zero-order chi connectivity index (χ0) is 11.7. The minimum atomic E-state index is 0.807. The summed E-state index contributed by atoms with van der Waals surface area (Å²) in [7, 11) is 0. The van der Waals surface area contributed by atoms with Crippen LogP contribution in [0.1, 0.15) is 0 Å². The molecule has 0 aliphatic heterocycles. The van der Waals surface area contributed by atoms with E-state index in [1.165, 1.54) is 0 Å². The van der Waals surface area contributed by atoms with Crippen molar-refractivity contribution in [1.29, 1.82) is 0 Å². The second-order valence-electron chi connectivity index (χ2n) is 3.44. The highest BCUT2D eigenvalue weighted by Crippen LogP contribution is 2.29. The normalized spacial score (nSPS) is 10.9. The third-order valence-electron chi connectivity index (χ3n) is 2.27. The molecule has 3 aromatic rings. The number of imidazole rings is 1. The molecular formula is C12H8BrN3S. The van der Waals surface area contributed by atoms with E-state index in [0.717, 1.165) is 20.2 Å². The van der Waals surface area contributed by atoms with Crippen molar-refractivity contribution >= 4 is 33.3 Å². The molecule has 0 N–H and O–H groups in total. The standard InChI is InChI=1S/C12H8BrN3S/c13-10-8-16-7-6-14-11(16)12(15-10)17-9-4-2-1-3-5-9/h1-8H. The van der Waals surface area contributed by atoms with Crippen LogP contribution in [0.25, 0.3) is 5.65 Å². The van der Waals surface area contributed by atoms with Crippen LogP contribution in [0.2, 0.25) is 0 Å². The van der Waals surface area contributed by atoms with Crippen molar-refractivity contribution in [2.75, 3.05) is 0 Å². The molecule has 0 aliphatic carbocycles. The number of fused-ring (bicyclic) bond motifs is 1. The Morgan fingerprint density at radius 3 is 2.82 bits per heavy atom. The van der Waals surface area contributed by atoms with Gasteiger partial charge >= 0.3 is 0 Å². The molecule has 2 heterocycles. The highest BCUT2D eigenvalue weighted by Gasteiger charge is 2.07. The fraction of sp³-hybridized carbons (Fsp3) is 0. The number of nitrogens with zero attached hydrogens (tertiary/aromatic N) is 3. The van der Waals surface area contributed by atoms with Crippen LogP contribution in [0.5, 0.6) is 0 Å². The van der Waals surface area contributed by atoms with Crippen molar-refractivity contribution < 1.29 is 0 Å². The number of rotatable bonds is 2. The predicted molar refractivity (Wildman–Crippen MR) is 71.3 cm³/mol. The van der Waals surface area contributed by atoms with Gasteiger partial charge in [-0.05, 0) is 28.1 Å². The van der Waals surface area contributed by atoms with Crippen molar-refractivity contribution in [1.82, 2.24) is 14.4 Å². The molecule has 2 aromatic heterocycles. The summed E-state index contributed by atoms with van der Waals surface area (Å²) in [5.74, 6) is 0. The summed E-state index contributed by atoms with van der Waals surface area (Å²) in [5.41, 5.74) is 0.877. The van der Waals surface area contributed by atoms with Crippen LogP contribution in [0.4, 0.5) is 0 Å². The SMILES string of the molecule is Brc1cn2ccnc2c(Sc2ccccc2)n1. The number of halogens is 1. The number of hydrogen-bond acceptors (Lipinski definition) is 3. The van der Waals surface area contributed by atoms with Crippen LogP contribution in [0.3, 0.4) is 0 Å². The van der Waals surface area contributed by atoms with Crippen molar-refractivity contribution in [2.45, 2.75) is 9.92 Å². The van der Waals surface area contributed by atoms with E-state index < -0.39 is 0 Å². The Balaban J connectivity index is 2.08. The summed E-state index contributed by atoms with van der Waals surface area (Å²) in [6, 6.07) is 10.2. The molecule has 0 saturated carbocycles. The third-order valence-corrected chi connectivity index (χ3v) is 3.63. The minimum Gasteiger partial charge on any atom is -0.302 e. The van der Waals surface area contributed by atoms with Gasteiger partial charge in [0.25, 0.3) is 0 Å². The maximum Gasteiger partial charge on any atom is 0.170 e. The number of aromatic nitrogens is 3. The number of hydrogen-bond donors (Lipinski definition) is 0. The smallest absolute Gasteiger partial charge is 0.170 e. The fourth-order valence-corrected chi connectivity index (χ4v) is 2.97. The lowest BCUT2D eigenvalue weighted by Crippen LogP contribution is -1.91. The van der Waals surface area contributed by atoms with Gasteiger partial charge in [-0.25, -0.2) is 9.97 Å². The van der Waals surface area contributed by atoms with Gasteiger partial charge in [-0.3, -0.25) is 0 Å². The number of benzene rings is 1. The highest BCUT2D eigenvalue weighted by atomic mass is 79.9. The van der Waals surface area contributed by atoms with Crippen LogP contribution >= 0.6 is 27.7 Å². The van der Waals surface area contributed by atoms with Gasteiger partial charge in [0, 0.05) is 23.5 Å². The average molecular weight is 306 g/mol. The second kappa shape index (κ2) is 4.50. The van der Waals surface area contributed by atoms with Gasteiger partial charge < -0.3 is 4.40 Å². The molecule has 0 atom stereocenters.